The van der Waals surface area contributed by atoms with E-state index in [1.807, 2.05) is 34.5 Å². The van der Waals surface area contributed by atoms with E-state index in [1.54, 1.807) is 0 Å². The van der Waals surface area contributed by atoms with Gasteiger partial charge in [-0.1, -0.05) is 30.0 Å². The highest BCUT2D eigenvalue weighted by Crippen LogP contribution is 2.34. The van der Waals surface area contributed by atoms with E-state index in [1.165, 1.54) is 16.9 Å². The van der Waals surface area contributed by atoms with Crippen LogP contribution in [0.15, 0.2) is 35.7 Å². The van der Waals surface area contributed by atoms with Crippen LogP contribution in [0.1, 0.15) is 27.7 Å². The van der Waals surface area contributed by atoms with Gasteiger partial charge in [0.2, 0.25) is 0 Å². The van der Waals surface area contributed by atoms with Gasteiger partial charge in [0.1, 0.15) is 4.88 Å². The molecule has 1 aromatic carbocycles. The van der Waals surface area contributed by atoms with Gasteiger partial charge in [-0.15, -0.1) is 11.3 Å². The van der Waals surface area contributed by atoms with Crippen LogP contribution in [0.3, 0.4) is 0 Å². The van der Waals surface area contributed by atoms with E-state index in [-0.39, 0.29) is 11.9 Å². The molecular formula is C17H16N2OS. The zero-order valence-electron chi connectivity index (χ0n) is 11.8. The first-order valence-electron chi connectivity index (χ1n) is 6.90. The minimum Gasteiger partial charge on any atom is -0.320 e. The number of benzene rings is 1. The fourth-order valence-corrected chi connectivity index (χ4v) is 3.49. The average Bonchev–Trinajstić information content (AvgIpc) is 3.07. The number of hydrogen-bond acceptors (Lipinski definition) is 3. The molecule has 2 heterocycles. The molecule has 0 spiro atoms. The topological polar surface area (TPSA) is 46.3 Å². The van der Waals surface area contributed by atoms with Gasteiger partial charge in [-0.25, -0.2) is 0 Å². The number of nitrogens with two attached hydrogens (primary N) is 1. The van der Waals surface area contributed by atoms with Crippen LogP contribution in [-0.2, 0) is 6.42 Å². The first-order chi connectivity index (χ1) is 10.2. The highest BCUT2D eigenvalue weighted by Gasteiger charge is 2.32. The third-order valence-corrected chi connectivity index (χ3v) is 4.51. The number of carbonyl (C=O) groups is 1. The molecule has 106 valence electrons. The van der Waals surface area contributed by atoms with Crippen LogP contribution in [0.2, 0.25) is 0 Å². The van der Waals surface area contributed by atoms with Gasteiger partial charge in [0.05, 0.1) is 6.54 Å². The normalized spacial score (nSPS) is 16.3. The molecule has 1 aliphatic rings. The monoisotopic (exact) mass is 296 g/mol. The second kappa shape index (κ2) is 5.72. The molecule has 1 atom stereocenters. The summed E-state index contributed by atoms with van der Waals surface area (Å²) in [4.78, 5) is 15.5. The van der Waals surface area contributed by atoms with Crippen LogP contribution in [0.5, 0.6) is 0 Å². The molecule has 0 saturated carbocycles. The first-order valence-corrected chi connectivity index (χ1v) is 7.78. The minimum atomic E-state index is 0.0313. The summed E-state index contributed by atoms with van der Waals surface area (Å²) in [5.41, 5.74) is 8.42. The molecule has 4 heteroatoms. The second-order valence-electron chi connectivity index (χ2n) is 5.03. The Hall–Kier alpha value is -2.09. The fourth-order valence-electron chi connectivity index (χ4n) is 2.70. The number of nitrogens with zero attached hydrogens (tertiary/aromatic N) is 1. The quantitative estimate of drug-likeness (QED) is 0.822. The van der Waals surface area contributed by atoms with Crippen molar-refractivity contribution in [2.24, 2.45) is 5.73 Å². The molecule has 21 heavy (non-hydrogen) atoms. The highest BCUT2D eigenvalue weighted by molar-refractivity contribution is 7.12. The molecule has 2 N–H and O–H groups in total. The maximum Gasteiger partial charge on any atom is 0.269 e. The molecule has 1 unspecified atom stereocenters. The van der Waals surface area contributed by atoms with Crippen LogP contribution in [0, 0.1) is 11.8 Å². The third-order valence-electron chi connectivity index (χ3n) is 3.61. The predicted molar refractivity (Wildman–Crippen MR) is 86.7 cm³/mol. The Morgan fingerprint density at radius 3 is 3.05 bits per heavy atom. The van der Waals surface area contributed by atoms with Gasteiger partial charge in [-0.3, -0.25) is 4.79 Å². The number of anilines is 1. The van der Waals surface area contributed by atoms with Crippen LogP contribution < -0.4 is 10.6 Å². The van der Waals surface area contributed by atoms with E-state index in [4.69, 9.17) is 5.73 Å². The van der Waals surface area contributed by atoms with E-state index in [2.05, 4.69) is 24.8 Å². The number of hydrogen-bond donors (Lipinski definition) is 1. The van der Waals surface area contributed by atoms with Crippen LogP contribution in [0.25, 0.3) is 0 Å². The third kappa shape index (κ3) is 2.46. The molecule has 3 rings (SSSR count). The molecule has 1 amide bonds. The first kappa shape index (κ1) is 13.9. The Morgan fingerprint density at radius 2 is 2.24 bits per heavy atom. The molecule has 0 aliphatic carbocycles. The van der Waals surface area contributed by atoms with Gasteiger partial charge in [0.25, 0.3) is 5.91 Å². The summed E-state index contributed by atoms with van der Waals surface area (Å²) < 4.78 is 0. The smallest absolute Gasteiger partial charge is 0.269 e. The molecule has 3 nitrogen and oxygen atoms in total. The van der Waals surface area contributed by atoms with Crippen LogP contribution >= 0.6 is 11.3 Å². The second-order valence-corrected chi connectivity index (χ2v) is 5.94. The molecule has 1 aromatic heterocycles. The maximum absolute atomic E-state index is 12.9. The summed E-state index contributed by atoms with van der Waals surface area (Å²) in [6, 6.07) is 10.1. The lowest BCUT2D eigenvalue weighted by Gasteiger charge is -2.22. The lowest BCUT2D eigenvalue weighted by Crippen LogP contribution is -2.35. The molecule has 1 aliphatic heterocycles. The zero-order chi connectivity index (χ0) is 14.8. The van der Waals surface area contributed by atoms with Crippen molar-refractivity contribution in [3.8, 4) is 11.8 Å². The van der Waals surface area contributed by atoms with Crippen LogP contribution in [0.4, 0.5) is 5.69 Å². The Kier molecular flexibility index (Phi) is 3.78. The lowest BCUT2D eigenvalue weighted by molar-refractivity contribution is 0.0985. The van der Waals surface area contributed by atoms with Gasteiger partial charge in [-0.2, -0.15) is 0 Å². The Labute approximate surface area is 128 Å². The number of amides is 1. The predicted octanol–water partition coefficient (Wildman–Crippen LogP) is 2.65. The lowest BCUT2D eigenvalue weighted by atomic mass is 10.1. The van der Waals surface area contributed by atoms with Crippen molar-refractivity contribution >= 4 is 22.9 Å². The number of para-hydroxylation sites is 1. The molecule has 0 bridgehead atoms. The van der Waals surface area contributed by atoms with Gasteiger partial charge >= 0.3 is 0 Å². The van der Waals surface area contributed by atoms with Crippen molar-refractivity contribution in [1.29, 1.82) is 0 Å². The zero-order valence-corrected chi connectivity index (χ0v) is 12.6. The van der Waals surface area contributed by atoms with Gasteiger partial charge < -0.3 is 10.6 Å². The van der Waals surface area contributed by atoms with Gasteiger partial charge in [-0.05, 0) is 36.4 Å². The van der Waals surface area contributed by atoms with Gasteiger partial charge in [0.15, 0.2) is 0 Å². The summed E-state index contributed by atoms with van der Waals surface area (Å²) in [6.45, 7) is 2.38. The van der Waals surface area contributed by atoms with E-state index >= 15 is 0 Å². The number of fused-ring (bicyclic) bond motifs is 1. The molecule has 2 aromatic rings. The largest absolute Gasteiger partial charge is 0.320 e. The molecule has 0 saturated heterocycles. The minimum absolute atomic E-state index is 0.0313. The molecular weight excluding hydrogens is 280 g/mol. The van der Waals surface area contributed by atoms with Crippen molar-refractivity contribution in [1.82, 2.24) is 0 Å². The van der Waals surface area contributed by atoms with Crippen molar-refractivity contribution in [2.45, 2.75) is 19.4 Å². The number of thiophene rings is 1. The van der Waals surface area contributed by atoms with E-state index in [9.17, 15) is 4.79 Å². The number of rotatable bonds is 1. The summed E-state index contributed by atoms with van der Waals surface area (Å²) >= 11 is 1.44. The Bertz CT molecular complexity index is 738. The van der Waals surface area contributed by atoms with Crippen molar-refractivity contribution in [3.63, 3.8) is 0 Å². The SMILES string of the molecule is CC1Cc2ccccc2N1C(=O)c1sccc1C#CCN. The standard InChI is InChI=1S/C17H16N2OS/c1-12-11-14-5-2-3-7-15(14)19(12)17(20)16-13(6-4-9-18)8-10-21-16/h2-3,5,7-8,10,12H,9,11,18H2,1H3. The van der Waals surface area contributed by atoms with Crippen LogP contribution in [-0.4, -0.2) is 18.5 Å². The van der Waals surface area contributed by atoms with Crippen molar-refractivity contribution in [2.75, 3.05) is 11.4 Å². The highest BCUT2D eigenvalue weighted by atomic mass is 32.1. The Morgan fingerprint density at radius 1 is 1.43 bits per heavy atom. The fraction of sp³-hybridized carbons (Fsp3) is 0.235. The van der Waals surface area contributed by atoms with E-state index in [0.717, 1.165) is 17.7 Å². The maximum atomic E-state index is 12.9. The average molecular weight is 296 g/mol. The summed E-state index contributed by atoms with van der Waals surface area (Å²) in [5, 5.41) is 1.90. The van der Waals surface area contributed by atoms with E-state index < -0.39 is 0 Å². The number of carbonyl (C=O) groups excluding carboxylic acids is 1. The Balaban J connectivity index is 1.98. The summed E-state index contributed by atoms with van der Waals surface area (Å²) in [7, 11) is 0. The van der Waals surface area contributed by atoms with Gasteiger partial charge in [0, 0.05) is 17.3 Å². The summed E-state index contributed by atoms with van der Waals surface area (Å²) in [6.07, 6.45) is 0.900. The molecule has 0 radical (unpaired) electrons. The van der Waals surface area contributed by atoms with Crippen molar-refractivity contribution in [3.05, 3.63) is 51.7 Å². The van der Waals surface area contributed by atoms with E-state index in [0.29, 0.717) is 11.4 Å². The molecule has 0 fully saturated rings. The summed E-state index contributed by atoms with van der Waals surface area (Å²) in [5.74, 6) is 5.84. The van der Waals surface area contributed by atoms with Crippen molar-refractivity contribution < 1.29 is 4.79 Å².